The predicted molar refractivity (Wildman–Crippen MR) is 62.3 cm³/mol. The van der Waals surface area contributed by atoms with Crippen molar-refractivity contribution in [2.75, 3.05) is 7.11 Å². The van der Waals surface area contributed by atoms with Crippen molar-refractivity contribution in [3.8, 4) is 29.7 Å². The molecule has 0 radical (unpaired) electrons. The summed E-state index contributed by atoms with van der Waals surface area (Å²) >= 11 is 0. The Bertz CT molecular complexity index is 558. The Morgan fingerprint density at radius 3 is 2.94 bits per heavy atom. The van der Waals surface area contributed by atoms with Gasteiger partial charge in [0.25, 0.3) is 0 Å². The molecule has 0 amide bonds. The predicted octanol–water partition coefficient (Wildman–Crippen LogP) is 0.558. The van der Waals surface area contributed by atoms with Crippen LogP contribution in [0, 0.1) is 12.3 Å². The fourth-order valence-corrected chi connectivity index (χ4v) is 1.25. The van der Waals surface area contributed by atoms with Gasteiger partial charge in [0.15, 0.2) is 0 Å². The van der Waals surface area contributed by atoms with Gasteiger partial charge in [0, 0.05) is 12.5 Å². The smallest absolute Gasteiger partial charge is 0.244 e. The quantitative estimate of drug-likeness (QED) is 0.785. The van der Waals surface area contributed by atoms with E-state index in [9.17, 15) is 0 Å². The van der Waals surface area contributed by atoms with Crippen LogP contribution in [0.2, 0.25) is 0 Å². The number of methoxy groups -OCH3 is 1. The molecule has 1 atom stereocenters. The van der Waals surface area contributed by atoms with Gasteiger partial charge >= 0.3 is 0 Å². The van der Waals surface area contributed by atoms with Crippen LogP contribution in [0.1, 0.15) is 18.4 Å². The van der Waals surface area contributed by atoms with Gasteiger partial charge in [-0.2, -0.15) is 4.98 Å². The molecule has 0 saturated heterocycles. The van der Waals surface area contributed by atoms with Crippen LogP contribution in [0.3, 0.4) is 0 Å². The molecule has 0 bridgehead atoms. The Labute approximate surface area is 103 Å². The molecular formula is C11H11N5O2. The van der Waals surface area contributed by atoms with Crippen molar-refractivity contribution >= 4 is 0 Å². The topological polar surface area (TPSA) is 100.0 Å². The van der Waals surface area contributed by atoms with E-state index in [2.05, 4.69) is 26.3 Å². The summed E-state index contributed by atoms with van der Waals surface area (Å²) in [5.41, 5.74) is 6.22. The summed E-state index contributed by atoms with van der Waals surface area (Å²) in [5.74, 6) is 3.43. The van der Waals surface area contributed by atoms with Crippen LogP contribution >= 0.6 is 0 Å². The molecular weight excluding hydrogens is 234 g/mol. The van der Waals surface area contributed by atoms with Crippen LogP contribution in [-0.4, -0.2) is 27.4 Å². The number of aromatic nitrogens is 4. The van der Waals surface area contributed by atoms with Gasteiger partial charge in [0.1, 0.15) is 5.69 Å². The highest BCUT2D eigenvalue weighted by Crippen LogP contribution is 2.17. The maximum absolute atomic E-state index is 5.75. The van der Waals surface area contributed by atoms with Gasteiger partial charge in [-0.3, -0.25) is 0 Å². The highest BCUT2D eigenvalue weighted by atomic mass is 16.5. The van der Waals surface area contributed by atoms with Crippen molar-refractivity contribution in [2.24, 2.45) is 5.73 Å². The first-order valence-electron chi connectivity index (χ1n) is 5.15. The van der Waals surface area contributed by atoms with Crippen LogP contribution in [0.4, 0.5) is 0 Å². The lowest BCUT2D eigenvalue weighted by atomic mass is 10.2. The van der Waals surface area contributed by atoms with Crippen LogP contribution in [0.15, 0.2) is 16.7 Å². The Hall–Kier alpha value is -2.46. The van der Waals surface area contributed by atoms with Crippen molar-refractivity contribution in [3.05, 3.63) is 18.0 Å². The van der Waals surface area contributed by atoms with E-state index < -0.39 is 6.04 Å². The Morgan fingerprint density at radius 2 is 2.33 bits per heavy atom. The van der Waals surface area contributed by atoms with Crippen LogP contribution in [-0.2, 0) is 0 Å². The minimum Gasteiger partial charge on any atom is -0.480 e. The Balaban J connectivity index is 2.21. The molecule has 18 heavy (non-hydrogen) atoms. The van der Waals surface area contributed by atoms with E-state index in [1.54, 1.807) is 12.1 Å². The number of rotatable bonds is 4. The second-order valence-electron chi connectivity index (χ2n) is 3.43. The first-order valence-corrected chi connectivity index (χ1v) is 5.15. The number of terminal acetylenes is 1. The monoisotopic (exact) mass is 245 g/mol. The molecule has 2 aromatic rings. The molecule has 0 spiro atoms. The molecule has 0 aliphatic heterocycles. The fourth-order valence-electron chi connectivity index (χ4n) is 1.25. The molecule has 1 unspecified atom stereocenters. The minimum absolute atomic E-state index is 0.278. The van der Waals surface area contributed by atoms with Gasteiger partial charge in [-0.05, 0) is 6.07 Å². The maximum Gasteiger partial charge on any atom is 0.244 e. The van der Waals surface area contributed by atoms with Crippen LogP contribution in [0.25, 0.3) is 11.5 Å². The van der Waals surface area contributed by atoms with Crippen molar-refractivity contribution in [3.63, 3.8) is 0 Å². The average Bonchev–Trinajstić information content (AvgIpc) is 2.89. The number of hydrogen-bond donors (Lipinski definition) is 1. The normalized spacial score (nSPS) is 11.8. The Kier molecular flexibility index (Phi) is 3.50. The summed E-state index contributed by atoms with van der Waals surface area (Å²) < 4.78 is 9.91. The van der Waals surface area contributed by atoms with E-state index >= 15 is 0 Å². The second kappa shape index (κ2) is 5.25. The van der Waals surface area contributed by atoms with E-state index in [1.165, 1.54) is 7.11 Å². The first-order chi connectivity index (χ1) is 8.74. The number of nitrogens with two attached hydrogens (primary N) is 1. The lowest BCUT2D eigenvalue weighted by Gasteiger charge is -1.99. The summed E-state index contributed by atoms with van der Waals surface area (Å²) in [6.45, 7) is 0. The van der Waals surface area contributed by atoms with E-state index in [4.69, 9.17) is 21.4 Å². The summed E-state index contributed by atoms with van der Waals surface area (Å²) in [7, 11) is 1.51. The first kappa shape index (κ1) is 12.0. The van der Waals surface area contributed by atoms with E-state index in [0.29, 0.717) is 23.8 Å². The molecule has 7 nitrogen and oxygen atoms in total. The molecule has 0 aliphatic carbocycles. The SMILES string of the molecule is C#CCC(N)c1nc(-c2ccc(OC)nn2)no1. The molecule has 0 fully saturated rings. The van der Waals surface area contributed by atoms with Crippen LogP contribution < -0.4 is 10.5 Å². The van der Waals surface area contributed by atoms with Gasteiger partial charge in [-0.1, -0.05) is 5.16 Å². The van der Waals surface area contributed by atoms with Gasteiger partial charge in [-0.25, -0.2) is 0 Å². The minimum atomic E-state index is -0.470. The number of ether oxygens (including phenoxy) is 1. The van der Waals surface area contributed by atoms with Gasteiger partial charge in [-0.15, -0.1) is 22.5 Å². The number of nitrogens with zero attached hydrogens (tertiary/aromatic N) is 4. The van der Waals surface area contributed by atoms with Gasteiger partial charge in [0.05, 0.1) is 13.2 Å². The zero-order valence-electron chi connectivity index (χ0n) is 9.70. The van der Waals surface area contributed by atoms with Crippen molar-refractivity contribution in [2.45, 2.75) is 12.5 Å². The Morgan fingerprint density at radius 1 is 1.50 bits per heavy atom. The summed E-state index contributed by atoms with van der Waals surface area (Å²) in [4.78, 5) is 4.11. The molecule has 2 heterocycles. The highest BCUT2D eigenvalue weighted by molar-refractivity contribution is 5.47. The summed E-state index contributed by atoms with van der Waals surface area (Å²) in [5, 5.41) is 11.5. The zero-order chi connectivity index (χ0) is 13.0. The lowest BCUT2D eigenvalue weighted by Crippen LogP contribution is -2.09. The molecule has 7 heteroatoms. The van der Waals surface area contributed by atoms with Gasteiger partial charge in [0.2, 0.25) is 17.6 Å². The third kappa shape index (κ3) is 2.44. The van der Waals surface area contributed by atoms with E-state index in [1.807, 2.05) is 0 Å². The molecule has 92 valence electrons. The summed E-state index contributed by atoms with van der Waals surface area (Å²) in [6.07, 6.45) is 5.49. The zero-order valence-corrected chi connectivity index (χ0v) is 9.70. The van der Waals surface area contributed by atoms with Crippen molar-refractivity contribution in [1.29, 1.82) is 0 Å². The van der Waals surface area contributed by atoms with E-state index in [-0.39, 0.29) is 5.89 Å². The van der Waals surface area contributed by atoms with E-state index in [0.717, 1.165) is 0 Å². The molecule has 2 N–H and O–H groups in total. The molecule has 0 aromatic carbocycles. The third-order valence-corrected chi connectivity index (χ3v) is 2.18. The largest absolute Gasteiger partial charge is 0.480 e. The highest BCUT2D eigenvalue weighted by Gasteiger charge is 2.15. The molecule has 2 aromatic heterocycles. The lowest BCUT2D eigenvalue weighted by molar-refractivity contribution is 0.356. The molecule has 2 rings (SSSR count). The average molecular weight is 245 g/mol. The second-order valence-corrected chi connectivity index (χ2v) is 3.43. The summed E-state index contributed by atoms with van der Waals surface area (Å²) in [6, 6.07) is 2.86. The van der Waals surface area contributed by atoms with Gasteiger partial charge < -0.3 is 15.0 Å². The molecule has 0 saturated carbocycles. The van der Waals surface area contributed by atoms with Crippen molar-refractivity contribution in [1.82, 2.24) is 20.3 Å². The van der Waals surface area contributed by atoms with Crippen molar-refractivity contribution < 1.29 is 9.26 Å². The number of hydrogen-bond acceptors (Lipinski definition) is 7. The third-order valence-electron chi connectivity index (χ3n) is 2.18. The standard InChI is InChI=1S/C11H11N5O2/c1-3-4-7(12)11-13-10(16-18-11)8-5-6-9(17-2)15-14-8/h1,5-7H,4,12H2,2H3. The van der Waals surface area contributed by atoms with Crippen LogP contribution in [0.5, 0.6) is 5.88 Å². The fraction of sp³-hybridized carbons (Fsp3) is 0.273. The maximum atomic E-state index is 5.75. The molecule has 0 aliphatic rings.